The molecular formula is C16H14O2. The van der Waals surface area contributed by atoms with Crippen LogP contribution in [0.5, 0.6) is 11.5 Å². The average molecular weight is 238 g/mol. The molecule has 0 spiro atoms. The molecule has 0 aromatic heterocycles. The Kier molecular flexibility index (Phi) is 4.31. The van der Waals surface area contributed by atoms with Gasteiger partial charge in [-0.1, -0.05) is 42.5 Å². The zero-order valence-electron chi connectivity index (χ0n) is 9.95. The van der Waals surface area contributed by atoms with Crippen LogP contribution in [0.15, 0.2) is 60.7 Å². The molecule has 2 heteroatoms. The molecule has 0 aliphatic rings. The number of para-hydroxylation sites is 1. The summed E-state index contributed by atoms with van der Waals surface area (Å²) in [7, 11) is 0. The molecule has 0 radical (unpaired) electrons. The first-order chi connectivity index (χ1) is 8.88. The summed E-state index contributed by atoms with van der Waals surface area (Å²) >= 11 is 0. The fraction of sp³-hybridized carbons (Fsp3) is 0.0625. The lowest BCUT2D eigenvalue weighted by molar-refractivity contribution is -0.107. The van der Waals surface area contributed by atoms with Gasteiger partial charge in [-0.15, -0.1) is 0 Å². The van der Waals surface area contributed by atoms with Gasteiger partial charge in [0.2, 0.25) is 0 Å². The van der Waals surface area contributed by atoms with E-state index in [1.54, 1.807) is 0 Å². The molecule has 0 heterocycles. The monoisotopic (exact) mass is 238 g/mol. The van der Waals surface area contributed by atoms with Gasteiger partial charge in [0.1, 0.15) is 17.8 Å². The largest absolute Gasteiger partial charge is 0.457 e. The fourth-order valence-corrected chi connectivity index (χ4v) is 1.53. The van der Waals surface area contributed by atoms with Crippen LogP contribution < -0.4 is 4.74 Å². The van der Waals surface area contributed by atoms with Crippen LogP contribution in [0.25, 0.3) is 6.08 Å². The van der Waals surface area contributed by atoms with Crippen LogP contribution in [0, 0.1) is 0 Å². The maximum Gasteiger partial charge on any atom is 0.127 e. The van der Waals surface area contributed by atoms with Gasteiger partial charge < -0.3 is 9.53 Å². The lowest BCUT2D eigenvalue weighted by atomic mass is 10.2. The van der Waals surface area contributed by atoms with Crippen LogP contribution in [0.4, 0.5) is 0 Å². The van der Waals surface area contributed by atoms with Crippen LogP contribution in [-0.2, 0) is 4.79 Å². The van der Waals surface area contributed by atoms with Crippen molar-refractivity contribution >= 4 is 12.4 Å². The zero-order valence-corrected chi connectivity index (χ0v) is 9.95. The van der Waals surface area contributed by atoms with Gasteiger partial charge in [0, 0.05) is 6.42 Å². The summed E-state index contributed by atoms with van der Waals surface area (Å²) in [4.78, 5) is 10.2. The van der Waals surface area contributed by atoms with Gasteiger partial charge in [-0.3, -0.25) is 0 Å². The van der Waals surface area contributed by atoms with Gasteiger partial charge in [0.15, 0.2) is 0 Å². The Balaban J connectivity index is 2.02. The molecule has 0 saturated heterocycles. The number of allylic oxidation sites excluding steroid dienone is 1. The van der Waals surface area contributed by atoms with E-state index in [1.807, 2.05) is 66.7 Å². The number of carbonyl (C=O) groups is 1. The highest BCUT2D eigenvalue weighted by molar-refractivity contribution is 5.58. The Morgan fingerprint density at radius 1 is 0.889 bits per heavy atom. The van der Waals surface area contributed by atoms with Crippen LogP contribution in [0.3, 0.4) is 0 Å². The third-order valence-electron chi connectivity index (χ3n) is 2.40. The number of ether oxygens (including phenoxy) is 1. The van der Waals surface area contributed by atoms with Gasteiger partial charge in [-0.05, 0) is 29.8 Å². The van der Waals surface area contributed by atoms with E-state index < -0.39 is 0 Å². The van der Waals surface area contributed by atoms with E-state index in [-0.39, 0.29) is 0 Å². The van der Waals surface area contributed by atoms with Crippen molar-refractivity contribution in [2.45, 2.75) is 6.42 Å². The Labute approximate surface area is 107 Å². The van der Waals surface area contributed by atoms with Crippen molar-refractivity contribution < 1.29 is 9.53 Å². The minimum atomic E-state index is 0.447. The SMILES string of the molecule is O=CCC=Cc1ccc(Oc2ccccc2)cc1. The quantitative estimate of drug-likeness (QED) is 0.733. The molecule has 90 valence electrons. The van der Waals surface area contributed by atoms with Gasteiger partial charge in [-0.25, -0.2) is 0 Å². The van der Waals surface area contributed by atoms with Crippen molar-refractivity contribution in [3.63, 3.8) is 0 Å². The second-order valence-corrected chi connectivity index (χ2v) is 3.79. The summed E-state index contributed by atoms with van der Waals surface area (Å²) in [5.41, 5.74) is 1.05. The predicted molar refractivity (Wildman–Crippen MR) is 72.7 cm³/mol. The highest BCUT2D eigenvalue weighted by atomic mass is 16.5. The third kappa shape index (κ3) is 3.59. The van der Waals surface area contributed by atoms with Crippen molar-refractivity contribution in [2.24, 2.45) is 0 Å². The smallest absolute Gasteiger partial charge is 0.127 e. The van der Waals surface area contributed by atoms with Gasteiger partial charge >= 0.3 is 0 Å². The van der Waals surface area contributed by atoms with Crippen molar-refractivity contribution in [1.29, 1.82) is 0 Å². The van der Waals surface area contributed by atoms with Crippen molar-refractivity contribution in [1.82, 2.24) is 0 Å². The first-order valence-corrected chi connectivity index (χ1v) is 5.81. The summed E-state index contributed by atoms with van der Waals surface area (Å²) in [5, 5.41) is 0. The Bertz CT molecular complexity index is 513. The molecule has 0 N–H and O–H groups in total. The molecule has 0 fully saturated rings. The van der Waals surface area contributed by atoms with E-state index in [1.165, 1.54) is 0 Å². The van der Waals surface area contributed by atoms with E-state index in [9.17, 15) is 4.79 Å². The summed E-state index contributed by atoms with van der Waals surface area (Å²) in [5.74, 6) is 1.62. The fourth-order valence-electron chi connectivity index (χ4n) is 1.53. The van der Waals surface area contributed by atoms with Crippen LogP contribution in [0.2, 0.25) is 0 Å². The highest BCUT2D eigenvalue weighted by Gasteiger charge is 1.95. The first-order valence-electron chi connectivity index (χ1n) is 5.81. The molecule has 0 unspecified atom stereocenters. The number of hydrogen-bond acceptors (Lipinski definition) is 2. The second-order valence-electron chi connectivity index (χ2n) is 3.79. The van der Waals surface area contributed by atoms with E-state index in [2.05, 4.69) is 0 Å². The zero-order chi connectivity index (χ0) is 12.6. The molecule has 0 aliphatic carbocycles. The topological polar surface area (TPSA) is 26.3 Å². The standard InChI is InChI=1S/C16H14O2/c17-13-5-4-6-14-9-11-16(12-10-14)18-15-7-2-1-3-8-15/h1-4,6-13H,5H2. The molecule has 0 bridgehead atoms. The molecule has 2 rings (SSSR count). The number of hydrogen-bond donors (Lipinski definition) is 0. The molecule has 2 aromatic carbocycles. The van der Waals surface area contributed by atoms with Gasteiger partial charge in [0.05, 0.1) is 0 Å². The molecular weight excluding hydrogens is 224 g/mol. The normalized spacial score (nSPS) is 10.4. The molecule has 0 atom stereocenters. The molecule has 0 saturated carbocycles. The number of rotatable bonds is 5. The third-order valence-corrected chi connectivity index (χ3v) is 2.40. The first kappa shape index (κ1) is 12.1. The Morgan fingerprint density at radius 3 is 2.22 bits per heavy atom. The minimum Gasteiger partial charge on any atom is -0.457 e. The Hall–Kier alpha value is -2.35. The second kappa shape index (κ2) is 6.40. The number of aldehydes is 1. The Morgan fingerprint density at radius 2 is 1.56 bits per heavy atom. The van der Waals surface area contributed by atoms with E-state index >= 15 is 0 Å². The van der Waals surface area contributed by atoms with Crippen LogP contribution >= 0.6 is 0 Å². The molecule has 18 heavy (non-hydrogen) atoms. The summed E-state index contributed by atoms with van der Waals surface area (Å²) in [6, 6.07) is 17.4. The minimum absolute atomic E-state index is 0.447. The maximum atomic E-state index is 10.2. The molecule has 0 amide bonds. The summed E-state index contributed by atoms with van der Waals surface area (Å²) in [6.45, 7) is 0. The highest BCUT2D eigenvalue weighted by Crippen LogP contribution is 2.21. The lowest BCUT2D eigenvalue weighted by Gasteiger charge is -2.05. The molecule has 0 aliphatic heterocycles. The van der Waals surface area contributed by atoms with E-state index in [4.69, 9.17) is 4.74 Å². The average Bonchev–Trinajstić information content (AvgIpc) is 2.42. The lowest BCUT2D eigenvalue weighted by Crippen LogP contribution is -1.83. The summed E-state index contributed by atoms with van der Waals surface area (Å²) < 4.78 is 5.68. The van der Waals surface area contributed by atoms with Gasteiger partial charge in [-0.2, -0.15) is 0 Å². The summed E-state index contributed by atoms with van der Waals surface area (Å²) in [6.07, 6.45) is 5.08. The van der Waals surface area contributed by atoms with Crippen LogP contribution in [0.1, 0.15) is 12.0 Å². The van der Waals surface area contributed by atoms with Crippen molar-refractivity contribution in [3.05, 3.63) is 66.2 Å². The van der Waals surface area contributed by atoms with Crippen molar-refractivity contribution in [2.75, 3.05) is 0 Å². The van der Waals surface area contributed by atoms with Gasteiger partial charge in [0.25, 0.3) is 0 Å². The van der Waals surface area contributed by atoms with Crippen molar-refractivity contribution in [3.8, 4) is 11.5 Å². The van der Waals surface area contributed by atoms with E-state index in [0.717, 1.165) is 23.3 Å². The van der Waals surface area contributed by atoms with E-state index in [0.29, 0.717) is 6.42 Å². The number of benzene rings is 2. The molecule has 2 nitrogen and oxygen atoms in total. The maximum absolute atomic E-state index is 10.2. The molecule has 2 aromatic rings. The number of carbonyl (C=O) groups excluding carboxylic acids is 1. The predicted octanol–water partition coefficient (Wildman–Crippen LogP) is 4.08. The van der Waals surface area contributed by atoms with Crippen LogP contribution in [-0.4, -0.2) is 6.29 Å².